The lowest BCUT2D eigenvalue weighted by molar-refractivity contribution is 0.0431. The van der Waals surface area contributed by atoms with Gasteiger partial charge in [-0.1, -0.05) is 30.9 Å². The first-order valence-corrected chi connectivity index (χ1v) is 11.9. The zero-order valence-electron chi connectivity index (χ0n) is 20.8. The van der Waals surface area contributed by atoms with Crippen molar-refractivity contribution in [2.45, 2.75) is 19.6 Å². The molecule has 198 valence electrons. The van der Waals surface area contributed by atoms with Crippen molar-refractivity contribution < 1.29 is 14.3 Å². The molecule has 0 heterocycles. The molecule has 0 fully saturated rings. The molecule has 0 spiro atoms. The summed E-state index contributed by atoms with van der Waals surface area (Å²) >= 11 is 0. The smallest absolute Gasteiger partial charge is 0.251 e. The van der Waals surface area contributed by atoms with E-state index in [1.54, 1.807) is 18.2 Å². The lowest BCUT2D eigenvalue weighted by Gasteiger charge is -2.29. The molecule has 35 heavy (non-hydrogen) atoms. The molecular weight excluding hydrogens is 446 g/mol. The molecule has 1 aromatic carbocycles. The number of hydrogen-bond donors (Lipinski definition) is 7. The van der Waals surface area contributed by atoms with Gasteiger partial charge in [0, 0.05) is 62.2 Å². The Morgan fingerprint density at radius 3 is 1.69 bits per heavy atom. The molecule has 0 aliphatic carbocycles. The van der Waals surface area contributed by atoms with Crippen molar-refractivity contribution >= 4 is 5.91 Å². The minimum Gasteiger partial charge on any atom is -0.376 e. The largest absolute Gasteiger partial charge is 0.376 e. The number of benzene rings is 1. The second kappa shape index (κ2) is 16.5. The second-order valence-electron chi connectivity index (χ2n) is 8.96. The minimum atomic E-state index is -0.476. The van der Waals surface area contributed by atoms with Crippen LogP contribution in [0.1, 0.15) is 27.9 Å². The van der Waals surface area contributed by atoms with Gasteiger partial charge in [-0.15, -0.1) is 0 Å². The van der Waals surface area contributed by atoms with Gasteiger partial charge in [0.1, 0.15) is 0 Å². The highest BCUT2D eigenvalue weighted by molar-refractivity contribution is 5.94. The molecule has 1 amide bonds. The van der Waals surface area contributed by atoms with E-state index < -0.39 is 10.8 Å². The summed E-state index contributed by atoms with van der Waals surface area (Å²) in [6.07, 6.45) is 6.18. The molecule has 0 saturated heterocycles. The molecule has 0 atom stereocenters. The van der Waals surface area contributed by atoms with Crippen molar-refractivity contribution in [3.05, 3.63) is 59.7 Å². The van der Waals surface area contributed by atoms with Crippen molar-refractivity contribution in [1.82, 2.24) is 5.32 Å². The second-order valence-corrected chi connectivity index (χ2v) is 8.96. The van der Waals surface area contributed by atoms with Crippen molar-refractivity contribution in [3.8, 4) is 0 Å². The van der Waals surface area contributed by atoms with Gasteiger partial charge in [-0.2, -0.15) is 0 Å². The Morgan fingerprint density at radius 1 is 0.829 bits per heavy atom. The van der Waals surface area contributed by atoms with Gasteiger partial charge in [0.15, 0.2) is 0 Å². The van der Waals surface area contributed by atoms with Gasteiger partial charge >= 0.3 is 0 Å². The van der Waals surface area contributed by atoms with Crippen molar-refractivity contribution in [2.75, 3.05) is 59.0 Å². The van der Waals surface area contributed by atoms with E-state index in [1.807, 2.05) is 18.2 Å². The maximum absolute atomic E-state index is 12.8. The van der Waals surface area contributed by atoms with E-state index in [0.29, 0.717) is 71.0 Å². The number of hydrogen-bond acceptors (Lipinski definition) is 9. The van der Waals surface area contributed by atoms with Crippen LogP contribution in [0.3, 0.4) is 0 Å². The average Bonchev–Trinajstić information content (AvgIpc) is 2.89. The normalized spacial score (nSPS) is 12.3. The van der Waals surface area contributed by atoms with Crippen LogP contribution >= 0.6 is 0 Å². The summed E-state index contributed by atoms with van der Waals surface area (Å²) < 4.78 is 11.8. The summed E-state index contributed by atoms with van der Waals surface area (Å²) in [6.45, 7) is 7.29. The Bertz CT molecular complexity index is 732. The lowest BCUT2D eigenvalue weighted by atomic mass is 9.89. The van der Waals surface area contributed by atoms with Gasteiger partial charge in [0.2, 0.25) is 0 Å². The quantitative estimate of drug-likeness (QED) is 0.0964. The summed E-state index contributed by atoms with van der Waals surface area (Å²) in [7, 11) is 0. The molecule has 1 rings (SSSR count). The predicted molar refractivity (Wildman–Crippen MR) is 141 cm³/mol. The van der Waals surface area contributed by atoms with Crippen LogP contribution in [0.15, 0.2) is 43.0 Å². The number of rotatable bonds is 19. The third kappa shape index (κ3) is 10.2. The molecular formula is C25H45N7O3. The molecule has 13 N–H and O–H groups in total. The summed E-state index contributed by atoms with van der Waals surface area (Å²) in [6, 6.07) is 5.54. The van der Waals surface area contributed by atoms with Crippen LogP contribution in [-0.4, -0.2) is 64.9 Å². The predicted octanol–water partition coefficient (Wildman–Crippen LogP) is -0.693. The number of nitrogens with two attached hydrogens (primary N) is 6. The lowest BCUT2D eigenvalue weighted by Crippen LogP contribution is -2.47. The Balaban J connectivity index is 2.97. The summed E-state index contributed by atoms with van der Waals surface area (Å²) in [5, 5.41) is 2.92. The van der Waals surface area contributed by atoms with Crippen LogP contribution < -0.4 is 39.7 Å². The monoisotopic (exact) mass is 491 g/mol. The first kappa shape index (κ1) is 30.9. The van der Waals surface area contributed by atoms with Crippen LogP contribution in [0.5, 0.6) is 0 Å². The SMILES string of the molecule is C=C/C=C/CCNC(=O)c1cc(COCC(CN)(CN)CN)cc(COCC(CN)(CN)CN)c1. The highest BCUT2D eigenvalue weighted by atomic mass is 16.5. The average molecular weight is 492 g/mol. The van der Waals surface area contributed by atoms with Gasteiger partial charge in [-0.05, 0) is 29.7 Å². The van der Waals surface area contributed by atoms with E-state index >= 15 is 0 Å². The zero-order chi connectivity index (χ0) is 26.2. The molecule has 0 aliphatic rings. The minimum absolute atomic E-state index is 0.180. The summed E-state index contributed by atoms with van der Waals surface area (Å²) in [4.78, 5) is 12.8. The first-order valence-electron chi connectivity index (χ1n) is 11.9. The van der Waals surface area contributed by atoms with E-state index in [4.69, 9.17) is 43.9 Å². The number of amides is 1. The van der Waals surface area contributed by atoms with E-state index in [2.05, 4.69) is 11.9 Å². The number of nitrogens with one attached hydrogen (secondary N) is 1. The molecule has 0 unspecified atom stereocenters. The molecule has 10 nitrogen and oxygen atoms in total. The topological polar surface area (TPSA) is 204 Å². The fraction of sp³-hybridized carbons (Fsp3) is 0.560. The maximum atomic E-state index is 12.8. The maximum Gasteiger partial charge on any atom is 0.251 e. The highest BCUT2D eigenvalue weighted by Gasteiger charge is 2.26. The summed E-state index contributed by atoms with van der Waals surface area (Å²) in [5.41, 5.74) is 36.3. The third-order valence-corrected chi connectivity index (χ3v) is 6.14. The van der Waals surface area contributed by atoms with E-state index in [9.17, 15) is 4.79 Å². The fourth-order valence-corrected chi connectivity index (χ4v) is 3.25. The third-order valence-electron chi connectivity index (χ3n) is 6.14. The van der Waals surface area contributed by atoms with Gasteiger partial charge in [0.05, 0.1) is 26.4 Å². The molecule has 0 radical (unpaired) electrons. The molecule has 0 saturated carbocycles. The van der Waals surface area contributed by atoms with Gasteiger partial charge in [0.25, 0.3) is 5.91 Å². The molecule has 0 bridgehead atoms. The first-order chi connectivity index (χ1) is 16.9. The Hall–Kier alpha value is -2.15. The summed E-state index contributed by atoms with van der Waals surface area (Å²) in [5.74, 6) is -0.180. The van der Waals surface area contributed by atoms with Gasteiger partial charge in [-0.3, -0.25) is 4.79 Å². The fourth-order valence-electron chi connectivity index (χ4n) is 3.25. The van der Waals surface area contributed by atoms with E-state index in [0.717, 1.165) is 11.1 Å². The van der Waals surface area contributed by atoms with Crippen LogP contribution in [0.4, 0.5) is 0 Å². The standard InChI is InChI=1S/C25H45N7O3/c1-2-3-4-5-6-32-23(33)22-8-20(10-34-18-24(12-26,13-27)14-28)7-21(9-22)11-35-19-25(15-29,16-30)17-31/h2-4,7-9H,1,5-6,10-19,26-31H2,(H,32,33)/b4-3+. The van der Waals surface area contributed by atoms with Crippen LogP contribution in [0.25, 0.3) is 0 Å². The van der Waals surface area contributed by atoms with Gasteiger partial charge in [-0.25, -0.2) is 0 Å². The van der Waals surface area contributed by atoms with Crippen LogP contribution in [0, 0.1) is 10.8 Å². The van der Waals surface area contributed by atoms with Crippen molar-refractivity contribution in [3.63, 3.8) is 0 Å². The molecule has 0 aromatic heterocycles. The van der Waals surface area contributed by atoms with Crippen LogP contribution in [0.2, 0.25) is 0 Å². The Kier molecular flexibility index (Phi) is 14.6. The van der Waals surface area contributed by atoms with Crippen molar-refractivity contribution in [1.29, 1.82) is 0 Å². The molecule has 1 aromatic rings. The number of ether oxygens (including phenoxy) is 2. The number of allylic oxidation sites excluding steroid dienone is 2. The van der Waals surface area contributed by atoms with Crippen LogP contribution in [-0.2, 0) is 22.7 Å². The highest BCUT2D eigenvalue weighted by Crippen LogP contribution is 2.18. The Morgan fingerprint density at radius 2 is 1.29 bits per heavy atom. The van der Waals surface area contributed by atoms with Gasteiger partial charge < -0.3 is 49.2 Å². The van der Waals surface area contributed by atoms with Crippen molar-refractivity contribution in [2.24, 2.45) is 45.2 Å². The zero-order valence-corrected chi connectivity index (χ0v) is 20.8. The molecule has 0 aliphatic heterocycles. The Labute approximate surface area is 209 Å². The molecule has 10 heteroatoms. The number of carbonyl (C=O) groups excluding carboxylic acids is 1. The van der Waals surface area contributed by atoms with E-state index in [1.165, 1.54) is 0 Å². The van der Waals surface area contributed by atoms with E-state index in [-0.39, 0.29) is 19.1 Å². The number of carbonyl (C=O) groups is 1.